The number of hydrogen-bond donors (Lipinski definition) is 6. The van der Waals surface area contributed by atoms with Crippen molar-refractivity contribution >= 4 is 74.9 Å². The van der Waals surface area contributed by atoms with Gasteiger partial charge in [-0.1, -0.05) is 199 Å². The first-order valence-electron chi connectivity index (χ1n) is 51.4. The third kappa shape index (κ3) is 61.0. The molecule has 0 aliphatic heterocycles. The van der Waals surface area contributed by atoms with Crippen LogP contribution >= 0.6 is 0 Å². The van der Waals surface area contributed by atoms with Gasteiger partial charge in [0.15, 0.2) is 5.78 Å². The lowest BCUT2D eigenvalue weighted by atomic mass is 9.89. The van der Waals surface area contributed by atoms with Crippen LogP contribution in [-0.4, -0.2) is 226 Å². The summed E-state index contributed by atoms with van der Waals surface area (Å²) in [5.41, 5.74) is 10.7. The Morgan fingerprint density at radius 2 is 0.874 bits per heavy atom. The fraction of sp³-hybridized carbons (Fsp3) is 0.535. The predicted molar refractivity (Wildman–Crippen MR) is 559 cm³/mol. The molecule has 2 atom stereocenters. The van der Waals surface area contributed by atoms with Crippen molar-refractivity contribution in [2.24, 2.45) is 11.8 Å². The van der Waals surface area contributed by atoms with E-state index in [1.165, 1.54) is 65.4 Å². The normalized spacial score (nSPS) is 11.3. The van der Waals surface area contributed by atoms with E-state index in [0.29, 0.717) is 137 Å². The summed E-state index contributed by atoms with van der Waals surface area (Å²) in [6.07, 6.45) is 16.6. The second-order valence-electron chi connectivity index (χ2n) is 35.3. The lowest BCUT2D eigenvalue weighted by Crippen LogP contribution is -2.31. The molecule has 0 bridgehead atoms. The van der Waals surface area contributed by atoms with Crippen molar-refractivity contribution in [3.05, 3.63) is 231 Å². The number of carbonyl (C=O) groups is 11. The molecular formula is C114H164N8O21. The maximum Gasteiger partial charge on any atom is 0.335 e. The number of benzene rings is 7. The van der Waals surface area contributed by atoms with Gasteiger partial charge in [0.2, 0.25) is 17.7 Å². The number of aliphatic hydroxyl groups excluding tert-OH is 1. The molecule has 0 radical (unpaired) electrons. The first kappa shape index (κ1) is 124. The number of Topliss-reactive ketones (excluding diaryl/α,β-unsaturated/α-hetero) is 7. The van der Waals surface area contributed by atoms with Gasteiger partial charge in [0.05, 0.1) is 83.8 Å². The first-order valence-corrected chi connectivity index (χ1v) is 51.4. The molecule has 29 nitrogen and oxygen atoms in total. The van der Waals surface area contributed by atoms with Crippen molar-refractivity contribution in [3.63, 3.8) is 0 Å². The van der Waals surface area contributed by atoms with E-state index in [0.717, 1.165) is 157 Å². The Morgan fingerprint density at radius 1 is 0.392 bits per heavy atom. The van der Waals surface area contributed by atoms with Crippen LogP contribution in [0.25, 0.3) is 10.8 Å². The number of hydrogen-bond acceptors (Lipinski definition) is 24. The smallest absolute Gasteiger partial charge is 0.335 e. The number of aromatic carboxylic acids is 1. The van der Waals surface area contributed by atoms with E-state index in [2.05, 4.69) is 156 Å². The highest BCUT2D eigenvalue weighted by Crippen LogP contribution is 2.24. The summed E-state index contributed by atoms with van der Waals surface area (Å²) in [6, 6.07) is 53.7. The van der Waals surface area contributed by atoms with Crippen LogP contribution in [0.2, 0.25) is 0 Å². The Bertz CT molecular complexity index is 4880. The summed E-state index contributed by atoms with van der Waals surface area (Å²) >= 11 is 0. The molecule has 8 rings (SSSR count). The van der Waals surface area contributed by atoms with Crippen molar-refractivity contribution in [2.75, 3.05) is 132 Å². The monoisotopic (exact) mass is 1980 g/mol. The molecule has 29 heteroatoms. The molecule has 0 aliphatic rings. The van der Waals surface area contributed by atoms with E-state index in [1.54, 1.807) is 11.6 Å². The average Bonchev–Trinajstić information content (AvgIpc) is 1.19. The molecule has 3 amide bonds. The molecule has 143 heavy (non-hydrogen) atoms. The quantitative estimate of drug-likeness (QED) is 0.0152. The molecular weight excluding hydrogens is 1820 g/mol. The second kappa shape index (κ2) is 79.3. The minimum atomic E-state index is -1.17. The van der Waals surface area contributed by atoms with Gasteiger partial charge in [0.25, 0.3) is 0 Å². The third-order valence-electron chi connectivity index (χ3n) is 22.7. The molecule has 6 N–H and O–H groups in total. The Kier molecular flexibility index (Phi) is 68.9. The van der Waals surface area contributed by atoms with Crippen LogP contribution in [-0.2, 0) is 141 Å². The number of aromatic nitrogens is 3. The Morgan fingerprint density at radius 3 is 1.48 bits per heavy atom. The van der Waals surface area contributed by atoms with Crippen molar-refractivity contribution in [1.29, 1.82) is 0 Å². The lowest BCUT2D eigenvalue weighted by molar-refractivity contribution is -0.128. The molecule has 0 aliphatic carbocycles. The fourth-order valence-corrected chi connectivity index (χ4v) is 14.6. The standard InChI is InChI=1S/C27H40N2O4.C24H30O4.C23H33N3O3.C20H28N2O7.C20H33NO3/c1-3-15-32-17-13-28-27(31)12-16-33-18-14-29(20-24-8-10-25(22-30)11-9-24)21-26-7-5-6-23(4-2)19-26;1-3-13-28-14-12-23(26)10-11-24(27)17-22(18(2)25)16-19-8-9-20-6-4-5-7-21(20)15-19;1-3-15-29-16-14-26-18-22(24-25-26)10-7-11-23(28)17-21(19(2)27)13-12-20-8-5-4-6-9-20;1-3-8-28-9-6-21-18(24)4-5-19(25)22-7-10-29-17-12-15(14(2)23)11-16(13-17)20(26)27;1-3-12-23-13-6-9-20(22)10-14-24-15-11-21-17-19-8-5-7-18(4-2)16-19/h5-11,19,30H,3-4,12-18,20-22H2,1-2H3,(H,28,31);4-9,15,22H,3,10-14,16-17H2,1-2H3;4-6,8-9,18,21H,3,7,10-17H2,1-2H3;11-13H,3-10H2,1-2H3,(H,21,24)(H,22,25)(H,26,27);5,7-8,16,21H,3-4,6,9-15,17H2,1-2H3. The highest BCUT2D eigenvalue weighted by atomic mass is 16.5. The molecule has 0 saturated heterocycles. The number of ketones is 7. The summed E-state index contributed by atoms with van der Waals surface area (Å²) in [5.74, 6) is -1.72. The van der Waals surface area contributed by atoms with Gasteiger partial charge in [-0.2, -0.15) is 0 Å². The molecule has 0 fully saturated rings. The largest absolute Gasteiger partial charge is 0.492 e. The Hall–Kier alpha value is -11.1. The highest BCUT2D eigenvalue weighted by molar-refractivity contribution is 5.98. The molecule has 2 unspecified atom stereocenters. The van der Waals surface area contributed by atoms with Gasteiger partial charge < -0.3 is 69.4 Å². The number of carboxylic acid groups (broad SMARTS) is 1. The predicted octanol–water partition coefficient (Wildman–Crippen LogP) is 17.2. The van der Waals surface area contributed by atoms with Gasteiger partial charge in [-0.3, -0.25) is 52.8 Å². The van der Waals surface area contributed by atoms with Crippen LogP contribution in [0.1, 0.15) is 262 Å². The number of amides is 3. The number of carboxylic acids is 1. The molecule has 1 heterocycles. The van der Waals surface area contributed by atoms with E-state index in [1.807, 2.05) is 80.7 Å². The van der Waals surface area contributed by atoms with Gasteiger partial charge in [0.1, 0.15) is 47.1 Å². The van der Waals surface area contributed by atoms with Gasteiger partial charge in [-0.15, -0.1) is 5.10 Å². The highest BCUT2D eigenvalue weighted by Gasteiger charge is 2.23. The number of rotatable bonds is 74. The van der Waals surface area contributed by atoms with Crippen molar-refractivity contribution < 1.29 is 101 Å². The number of aryl methyl sites for hydroxylation is 4. The van der Waals surface area contributed by atoms with E-state index < -0.39 is 5.97 Å². The Labute approximate surface area is 849 Å². The van der Waals surface area contributed by atoms with E-state index >= 15 is 0 Å². The van der Waals surface area contributed by atoms with Crippen molar-refractivity contribution in [3.8, 4) is 5.75 Å². The van der Waals surface area contributed by atoms with Crippen LogP contribution < -0.4 is 26.0 Å². The van der Waals surface area contributed by atoms with Gasteiger partial charge in [-0.25, -0.2) is 9.48 Å². The second-order valence-corrected chi connectivity index (χ2v) is 35.3. The first-order chi connectivity index (χ1) is 69.3. The van der Waals surface area contributed by atoms with Gasteiger partial charge in [0, 0.05) is 180 Å². The zero-order chi connectivity index (χ0) is 104. The van der Waals surface area contributed by atoms with E-state index in [4.69, 9.17) is 43.0 Å². The SMILES string of the molecule is CCCOCCC(=O)CCC(=O)CC(Cc1ccc2ccccc2c1)C(C)=O.CCCOCCCC(=O)CCOCCNCc1cccc(CC)c1.CCCOCCNC(=O)CCC(=O)NCCOc1cc(C(C)=O)cc(C(=O)O)c1.CCCOCCNC(=O)CCOCCN(Cc1ccc(CO)cc1)Cc1cccc(CC)c1.CCCOCCn1cc(CCCC(=O)CC(CCc2ccccc2)C(C)=O)nn1. The number of fused-ring (bicyclic) bond motifs is 1. The van der Waals surface area contributed by atoms with Crippen LogP contribution in [0.3, 0.4) is 0 Å². The van der Waals surface area contributed by atoms with Crippen LogP contribution in [0.4, 0.5) is 0 Å². The summed E-state index contributed by atoms with van der Waals surface area (Å²) in [6.45, 7) is 33.5. The van der Waals surface area contributed by atoms with Crippen molar-refractivity contribution in [2.45, 2.75) is 256 Å². The maximum atomic E-state index is 12.4. The minimum absolute atomic E-state index is 0.00712. The van der Waals surface area contributed by atoms with Gasteiger partial charge >= 0.3 is 5.97 Å². The van der Waals surface area contributed by atoms with Crippen molar-refractivity contribution in [1.82, 2.24) is 41.2 Å². The summed E-state index contributed by atoms with van der Waals surface area (Å²) in [5, 5.41) is 40.4. The van der Waals surface area contributed by atoms with E-state index in [-0.39, 0.29) is 139 Å². The number of nitrogens with one attached hydrogen (secondary N) is 4. The molecule has 786 valence electrons. The summed E-state index contributed by atoms with van der Waals surface area (Å²) in [4.78, 5) is 132. The third-order valence-corrected chi connectivity index (χ3v) is 22.7. The van der Waals surface area contributed by atoms with Crippen LogP contribution in [0, 0.1) is 11.8 Å². The molecule has 8 aromatic rings. The average molecular weight is 1980 g/mol. The summed E-state index contributed by atoms with van der Waals surface area (Å²) in [7, 11) is 0. The topological polar surface area (TPSA) is 384 Å². The zero-order valence-electron chi connectivity index (χ0n) is 86.9. The Balaban J connectivity index is 0.000000374. The van der Waals surface area contributed by atoms with Gasteiger partial charge in [-0.05, 0) is 178 Å². The maximum absolute atomic E-state index is 12.4. The fourth-order valence-electron chi connectivity index (χ4n) is 14.6. The molecule has 1 aromatic heterocycles. The number of ether oxygens (including phenoxy) is 8. The number of nitrogens with zero attached hydrogens (tertiary/aromatic N) is 4. The zero-order valence-corrected chi connectivity index (χ0v) is 86.9. The van der Waals surface area contributed by atoms with Crippen LogP contribution in [0.5, 0.6) is 5.75 Å². The number of aliphatic hydroxyl groups is 1. The lowest BCUT2D eigenvalue weighted by Gasteiger charge is -2.23. The minimum Gasteiger partial charge on any atom is -0.492 e. The molecule has 7 aromatic carbocycles. The summed E-state index contributed by atoms with van der Waals surface area (Å²) < 4.78 is 45.2. The number of carbonyl (C=O) groups excluding carboxylic acids is 10. The molecule has 0 saturated carbocycles. The molecule has 0 spiro atoms. The van der Waals surface area contributed by atoms with Crippen LogP contribution in [0.15, 0.2) is 170 Å². The van der Waals surface area contributed by atoms with E-state index in [9.17, 15) is 57.8 Å².